The van der Waals surface area contributed by atoms with Gasteiger partial charge in [-0.25, -0.2) is 9.07 Å². The van der Waals surface area contributed by atoms with Gasteiger partial charge in [0.25, 0.3) is 0 Å². The number of benzene rings is 3. The lowest BCUT2D eigenvalue weighted by atomic mass is 10.0. The molecule has 0 aliphatic heterocycles. The van der Waals surface area contributed by atoms with Crippen molar-refractivity contribution in [2.45, 2.75) is 25.2 Å². The topological polar surface area (TPSA) is 62.1 Å². The standard InChI is InChI=1S/C24H21F4N3O2S/c1-16(30-34(32)15-24(26,27)28)23(17-5-3-2-4-6-17)33-21-11-12-22-18(13-21)14-29-31(22)20-9-7-19(25)8-10-20/h2-14,16,23,30H,15H2,1H3/t16-,23-,34?/m0/s1. The van der Waals surface area contributed by atoms with Crippen LogP contribution < -0.4 is 9.46 Å². The lowest BCUT2D eigenvalue weighted by Gasteiger charge is -2.27. The molecule has 0 bridgehead atoms. The highest BCUT2D eigenvalue weighted by Crippen LogP contribution is 2.29. The normalized spacial score (nSPS) is 14.6. The summed E-state index contributed by atoms with van der Waals surface area (Å²) in [5.74, 6) is -1.33. The van der Waals surface area contributed by atoms with Gasteiger partial charge in [0.2, 0.25) is 5.75 Å². The minimum Gasteiger partial charge on any atom is -0.598 e. The van der Waals surface area contributed by atoms with Gasteiger partial charge in [0, 0.05) is 16.7 Å². The fourth-order valence-corrected chi connectivity index (χ4v) is 4.50. The van der Waals surface area contributed by atoms with E-state index in [1.54, 1.807) is 72.4 Å². The molecule has 0 spiro atoms. The molecule has 0 amide bonds. The zero-order valence-corrected chi connectivity index (χ0v) is 18.8. The number of hydrogen-bond acceptors (Lipinski definition) is 4. The first-order chi connectivity index (χ1) is 16.2. The monoisotopic (exact) mass is 491 g/mol. The molecule has 3 aromatic carbocycles. The van der Waals surface area contributed by atoms with Gasteiger partial charge >= 0.3 is 6.18 Å². The Bertz CT molecular complexity index is 1230. The van der Waals surface area contributed by atoms with Gasteiger partial charge in [0.1, 0.15) is 17.7 Å². The van der Waals surface area contributed by atoms with Crippen LogP contribution in [-0.4, -0.2) is 32.3 Å². The molecule has 4 aromatic rings. The largest absolute Gasteiger partial charge is 0.598 e. The van der Waals surface area contributed by atoms with Gasteiger partial charge in [0.05, 0.1) is 23.4 Å². The van der Waals surface area contributed by atoms with E-state index in [9.17, 15) is 22.1 Å². The second-order valence-electron chi connectivity index (χ2n) is 7.71. The molecule has 178 valence electrons. The Labute approximate surface area is 196 Å². The molecule has 0 saturated heterocycles. The van der Waals surface area contributed by atoms with Crippen LogP contribution >= 0.6 is 0 Å². The fraction of sp³-hybridized carbons (Fsp3) is 0.208. The third-order valence-corrected chi connectivity index (χ3v) is 6.29. The quantitative estimate of drug-likeness (QED) is 0.262. The van der Waals surface area contributed by atoms with Crippen molar-refractivity contribution in [1.29, 1.82) is 0 Å². The van der Waals surface area contributed by atoms with Crippen LogP contribution in [0, 0.1) is 5.82 Å². The number of halogens is 4. The molecular formula is C24H21F4N3O2S. The van der Waals surface area contributed by atoms with Gasteiger partial charge in [-0.15, -0.1) is 4.72 Å². The van der Waals surface area contributed by atoms with E-state index in [0.29, 0.717) is 17.0 Å². The van der Waals surface area contributed by atoms with Crippen molar-refractivity contribution in [2.75, 3.05) is 5.75 Å². The van der Waals surface area contributed by atoms with Crippen molar-refractivity contribution in [1.82, 2.24) is 14.5 Å². The van der Waals surface area contributed by atoms with E-state index in [4.69, 9.17) is 4.74 Å². The Morgan fingerprint density at radius 1 is 1.06 bits per heavy atom. The van der Waals surface area contributed by atoms with E-state index in [2.05, 4.69) is 9.82 Å². The first kappa shape index (κ1) is 24.1. The molecule has 0 aliphatic carbocycles. The molecule has 1 aromatic heterocycles. The Kier molecular flexibility index (Phi) is 7.11. The first-order valence-electron chi connectivity index (χ1n) is 10.4. The zero-order valence-electron chi connectivity index (χ0n) is 18.0. The molecule has 0 saturated carbocycles. The number of rotatable bonds is 8. The molecule has 1 N–H and O–H groups in total. The molecule has 1 unspecified atom stereocenters. The van der Waals surface area contributed by atoms with Crippen molar-refractivity contribution in [3.63, 3.8) is 0 Å². The molecule has 10 heteroatoms. The molecule has 1 heterocycles. The highest BCUT2D eigenvalue weighted by atomic mass is 32.2. The molecule has 0 aliphatic rings. The van der Waals surface area contributed by atoms with Crippen LogP contribution in [0.4, 0.5) is 17.6 Å². The lowest BCUT2D eigenvalue weighted by molar-refractivity contribution is -0.106. The van der Waals surface area contributed by atoms with Crippen molar-refractivity contribution >= 4 is 22.3 Å². The lowest BCUT2D eigenvalue weighted by Crippen LogP contribution is -2.42. The molecule has 34 heavy (non-hydrogen) atoms. The maximum atomic E-state index is 13.3. The van der Waals surface area contributed by atoms with Crippen LogP contribution in [0.25, 0.3) is 16.6 Å². The third kappa shape index (κ3) is 5.88. The zero-order chi connectivity index (χ0) is 24.3. The van der Waals surface area contributed by atoms with Gasteiger partial charge in [-0.1, -0.05) is 30.3 Å². The van der Waals surface area contributed by atoms with Crippen molar-refractivity contribution in [2.24, 2.45) is 0 Å². The van der Waals surface area contributed by atoms with Crippen LogP contribution in [0.2, 0.25) is 0 Å². The molecule has 5 nitrogen and oxygen atoms in total. The number of ether oxygens (including phenoxy) is 1. The second kappa shape index (κ2) is 10.0. The van der Waals surface area contributed by atoms with E-state index in [1.807, 2.05) is 6.07 Å². The fourth-order valence-electron chi connectivity index (χ4n) is 3.58. The summed E-state index contributed by atoms with van der Waals surface area (Å²) in [6.45, 7) is 1.62. The summed E-state index contributed by atoms with van der Waals surface area (Å²) in [5.41, 5.74) is 2.18. The maximum absolute atomic E-state index is 13.3. The molecule has 4 rings (SSSR count). The Morgan fingerprint density at radius 2 is 1.76 bits per heavy atom. The number of hydrogen-bond donors (Lipinski definition) is 1. The van der Waals surface area contributed by atoms with Gasteiger partial charge < -0.3 is 9.29 Å². The summed E-state index contributed by atoms with van der Waals surface area (Å²) in [7, 11) is 0. The van der Waals surface area contributed by atoms with E-state index in [0.717, 1.165) is 10.9 Å². The van der Waals surface area contributed by atoms with Crippen LogP contribution in [0.5, 0.6) is 5.75 Å². The average Bonchev–Trinajstić information content (AvgIpc) is 3.20. The molecule has 0 fully saturated rings. The number of nitrogens with one attached hydrogen (secondary N) is 1. The predicted molar refractivity (Wildman–Crippen MR) is 123 cm³/mol. The highest BCUT2D eigenvalue weighted by Gasteiger charge is 2.37. The van der Waals surface area contributed by atoms with Crippen molar-refractivity contribution in [3.8, 4) is 11.4 Å². The second-order valence-corrected chi connectivity index (χ2v) is 8.93. The average molecular weight is 492 g/mol. The van der Waals surface area contributed by atoms with Crippen molar-refractivity contribution < 1.29 is 26.9 Å². The van der Waals surface area contributed by atoms with Gasteiger partial charge in [0.15, 0.2) is 0 Å². The van der Waals surface area contributed by atoms with Crippen LogP contribution in [0.3, 0.4) is 0 Å². The van der Waals surface area contributed by atoms with Crippen LogP contribution in [0.15, 0.2) is 79.0 Å². The molecule has 0 radical (unpaired) electrons. The number of fused-ring (bicyclic) bond motifs is 1. The van der Waals surface area contributed by atoms with Crippen molar-refractivity contribution in [3.05, 3.63) is 90.4 Å². The maximum Gasteiger partial charge on any atom is 0.435 e. The first-order valence-corrected chi connectivity index (χ1v) is 11.7. The summed E-state index contributed by atoms with van der Waals surface area (Å²) >= 11 is -2.31. The van der Waals surface area contributed by atoms with Crippen LogP contribution in [0.1, 0.15) is 18.6 Å². The summed E-state index contributed by atoms with van der Waals surface area (Å²) in [6.07, 6.45) is -3.61. The van der Waals surface area contributed by atoms with Crippen LogP contribution in [-0.2, 0) is 11.4 Å². The smallest absolute Gasteiger partial charge is 0.435 e. The molecular weight excluding hydrogens is 470 g/mol. The van der Waals surface area contributed by atoms with E-state index in [1.165, 1.54) is 12.1 Å². The SMILES string of the molecule is C[C@H](N[S+]([O-])CC(F)(F)F)[C@H](Oc1ccc2c(cnn2-c2ccc(F)cc2)c1)c1ccccc1. The van der Waals surface area contributed by atoms with E-state index < -0.39 is 35.4 Å². The van der Waals surface area contributed by atoms with Gasteiger partial charge in [-0.2, -0.15) is 18.3 Å². The Morgan fingerprint density at radius 3 is 2.44 bits per heavy atom. The minimum atomic E-state index is -4.55. The third-order valence-electron chi connectivity index (χ3n) is 5.07. The summed E-state index contributed by atoms with van der Waals surface area (Å²) in [5, 5.41) is 5.12. The number of nitrogens with zero attached hydrogens (tertiary/aromatic N) is 2. The number of alkyl halides is 3. The summed E-state index contributed by atoms with van der Waals surface area (Å²) in [4.78, 5) is 0. The predicted octanol–water partition coefficient (Wildman–Crippen LogP) is 5.49. The number of aromatic nitrogens is 2. The molecule has 3 atom stereocenters. The highest BCUT2D eigenvalue weighted by molar-refractivity contribution is 7.89. The van der Waals surface area contributed by atoms with E-state index in [-0.39, 0.29) is 5.82 Å². The van der Waals surface area contributed by atoms with E-state index >= 15 is 0 Å². The summed E-state index contributed by atoms with van der Waals surface area (Å²) < 4.78 is 73.5. The minimum absolute atomic E-state index is 0.346. The Hall–Kier alpha value is -3.08. The summed E-state index contributed by atoms with van der Waals surface area (Å²) in [6, 6.07) is 19.5. The Balaban J connectivity index is 1.58. The van der Waals surface area contributed by atoms with Gasteiger partial charge in [-0.3, -0.25) is 0 Å². The van der Waals surface area contributed by atoms with Gasteiger partial charge in [-0.05, 0) is 55.0 Å².